The smallest absolute Gasteiger partial charge is 0.382 e. The molecule has 5 rings (SSSR count). The maximum Gasteiger partial charge on any atom is 0.433 e. The van der Waals surface area contributed by atoms with E-state index in [0.29, 0.717) is 46.3 Å². The molecular formula is C22H18ClF3N6O. The summed E-state index contributed by atoms with van der Waals surface area (Å²) < 4.78 is 40.6. The van der Waals surface area contributed by atoms with Gasteiger partial charge in [-0.05, 0) is 36.6 Å². The molecular weight excluding hydrogens is 457 g/mol. The molecule has 1 aromatic carbocycles. The van der Waals surface area contributed by atoms with Gasteiger partial charge in [-0.25, -0.2) is 9.97 Å². The zero-order valence-corrected chi connectivity index (χ0v) is 18.4. The number of aryl methyl sites for hydroxylation is 2. The summed E-state index contributed by atoms with van der Waals surface area (Å²) in [7, 11) is 3.36. The molecule has 3 aromatic heterocycles. The molecule has 2 N–H and O–H groups in total. The highest BCUT2D eigenvalue weighted by Crippen LogP contribution is 2.38. The van der Waals surface area contributed by atoms with E-state index in [1.165, 1.54) is 11.0 Å². The number of nitrogen functional groups attached to an aromatic ring is 1. The average molecular weight is 475 g/mol. The van der Waals surface area contributed by atoms with Crippen molar-refractivity contribution in [3.05, 3.63) is 58.0 Å². The van der Waals surface area contributed by atoms with E-state index in [2.05, 4.69) is 15.1 Å². The summed E-state index contributed by atoms with van der Waals surface area (Å²) in [4.78, 5) is 23.1. The Morgan fingerprint density at radius 2 is 2.00 bits per heavy atom. The Balaban J connectivity index is 1.54. The fraction of sp³-hybridized carbons (Fsp3) is 0.273. The number of amides is 1. The van der Waals surface area contributed by atoms with Crippen molar-refractivity contribution < 1.29 is 18.0 Å². The van der Waals surface area contributed by atoms with Gasteiger partial charge in [-0.1, -0.05) is 17.7 Å². The summed E-state index contributed by atoms with van der Waals surface area (Å²) in [5.41, 5.74) is 7.54. The quantitative estimate of drug-likeness (QED) is 0.461. The number of halogens is 4. The molecule has 1 unspecified atom stereocenters. The number of benzene rings is 1. The molecule has 1 aliphatic carbocycles. The molecule has 0 aliphatic heterocycles. The number of pyridine rings is 2. The van der Waals surface area contributed by atoms with Gasteiger partial charge in [0.2, 0.25) is 0 Å². The molecule has 1 aliphatic rings. The number of carbonyl (C=O) groups is 1. The van der Waals surface area contributed by atoms with Gasteiger partial charge in [0.25, 0.3) is 5.91 Å². The van der Waals surface area contributed by atoms with E-state index < -0.39 is 17.9 Å². The van der Waals surface area contributed by atoms with Crippen LogP contribution < -0.4 is 5.73 Å². The number of anilines is 1. The fourth-order valence-corrected chi connectivity index (χ4v) is 4.73. The van der Waals surface area contributed by atoms with Crippen LogP contribution in [0.15, 0.2) is 30.5 Å². The first-order valence-corrected chi connectivity index (χ1v) is 10.5. The standard InChI is InChI=1S/C22H18ClF3N6O/c1-31(17-5-4-15-10(17)3-6-18(29-15)22(24,25)26)21(33)12-7-11-13-9-28-32(2)19(13)20(27)30-16(11)8-14(12)23/h3,6-9,17H,4-5H2,1-2H3,(H2,27,30). The molecule has 170 valence electrons. The maximum atomic E-state index is 13.4. The third-order valence-corrected chi connectivity index (χ3v) is 6.44. The number of carbonyl (C=O) groups excluding carboxylic acids is 1. The first-order chi connectivity index (χ1) is 15.6. The van der Waals surface area contributed by atoms with Crippen molar-refractivity contribution in [2.75, 3.05) is 12.8 Å². The van der Waals surface area contributed by atoms with Crippen molar-refractivity contribution >= 4 is 45.1 Å². The van der Waals surface area contributed by atoms with Crippen LogP contribution in [-0.2, 0) is 19.6 Å². The van der Waals surface area contributed by atoms with E-state index in [-0.39, 0.29) is 16.5 Å². The number of fused-ring (bicyclic) bond motifs is 4. The van der Waals surface area contributed by atoms with Gasteiger partial charge in [0, 0.05) is 30.6 Å². The SMILES string of the molecule is CN(C(=O)c1cc2c(cc1Cl)nc(N)c1c2cnn1C)C1CCc2nc(C(F)(F)F)ccc21. The van der Waals surface area contributed by atoms with Crippen LogP contribution in [-0.4, -0.2) is 37.6 Å². The topological polar surface area (TPSA) is 89.9 Å². The van der Waals surface area contributed by atoms with Gasteiger partial charge in [0.05, 0.1) is 28.3 Å². The number of aromatic nitrogens is 4. The van der Waals surface area contributed by atoms with E-state index >= 15 is 0 Å². The highest BCUT2D eigenvalue weighted by molar-refractivity contribution is 6.35. The molecule has 33 heavy (non-hydrogen) atoms. The number of hydrogen-bond donors (Lipinski definition) is 1. The van der Waals surface area contributed by atoms with Gasteiger partial charge in [0.15, 0.2) is 0 Å². The second-order valence-electron chi connectivity index (χ2n) is 8.08. The molecule has 4 aromatic rings. The Morgan fingerprint density at radius 3 is 2.73 bits per heavy atom. The molecule has 0 saturated carbocycles. The third kappa shape index (κ3) is 3.36. The summed E-state index contributed by atoms with van der Waals surface area (Å²) in [6.45, 7) is 0. The fourth-order valence-electron chi connectivity index (χ4n) is 4.49. The normalized spacial score (nSPS) is 15.9. The second kappa shape index (κ2) is 7.31. The predicted octanol–water partition coefficient (Wildman–Crippen LogP) is 4.53. The van der Waals surface area contributed by atoms with Crippen molar-refractivity contribution in [3.63, 3.8) is 0 Å². The van der Waals surface area contributed by atoms with Crippen LogP contribution in [0.5, 0.6) is 0 Å². The van der Waals surface area contributed by atoms with Gasteiger partial charge in [-0.15, -0.1) is 0 Å². The average Bonchev–Trinajstić information content (AvgIpc) is 3.35. The molecule has 3 heterocycles. The lowest BCUT2D eigenvalue weighted by molar-refractivity contribution is -0.141. The van der Waals surface area contributed by atoms with Gasteiger partial charge in [0.1, 0.15) is 17.0 Å². The zero-order chi connectivity index (χ0) is 23.7. The Bertz CT molecular complexity index is 1450. The van der Waals surface area contributed by atoms with Crippen molar-refractivity contribution in [3.8, 4) is 0 Å². The highest BCUT2D eigenvalue weighted by atomic mass is 35.5. The molecule has 0 fully saturated rings. The molecule has 1 atom stereocenters. The molecule has 0 radical (unpaired) electrons. The van der Waals surface area contributed by atoms with Gasteiger partial charge >= 0.3 is 6.18 Å². The Morgan fingerprint density at radius 1 is 1.24 bits per heavy atom. The number of hydrogen-bond acceptors (Lipinski definition) is 5. The predicted molar refractivity (Wildman–Crippen MR) is 118 cm³/mol. The van der Waals surface area contributed by atoms with E-state index in [1.54, 1.807) is 37.1 Å². The van der Waals surface area contributed by atoms with Gasteiger partial charge < -0.3 is 10.6 Å². The summed E-state index contributed by atoms with van der Waals surface area (Å²) in [5, 5.41) is 5.86. The monoisotopic (exact) mass is 474 g/mol. The first-order valence-electron chi connectivity index (χ1n) is 10.1. The highest BCUT2D eigenvalue weighted by Gasteiger charge is 2.36. The Hall–Kier alpha value is -3.40. The zero-order valence-electron chi connectivity index (χ0n) is 17.6. The van der Waals surface area contributed by atoms with E-state index in [0.717, 1.165) is 11.5 Å². The summed E-state index contributed by atoms with van der Waals surface area (Å²) in [5.74, 6) is -0.0495. The van der Waals surface area contributed by atoms with Crippen molar-refractivity contribution in [1.82, 2.24) is 24.6 Å². The Labute approximate surface area is 191 Å². The van der Waals surface area contributed by atoms with E-state index in [4.69, 9.17) is 17.3 Å². The van der Waals surface area contributed by atoms with E-state index in [9.17, 15) is 18.0 Å². The van der Waals surface area contributed by atoms with Crippen LogP contribution >= 0.6 is 11.6 Å². The minimum absolute atomic E-state index is 0.207. The summed E-state index contributed by atoms with van der Waals surface area (Å²) in [6.07, 6.45) is -2.03. The molecule has 1 amide bonds. The number of alkyl halides is 3. The number of nitrogens with two attached hydrogens (primary N) is 1. The maximum absolute atomic E-state index is 13.4. The van der Waals surface area contributed by atoms with E-state index in [1.807, 2.05) is 0 Å². The third-order valence-electron chi connectivity index (χ3n) is 6.13. The Kier molecular flexibility index (Phi) is 4.75. The van der Waals surface area contributed by atoms with Crippen molar-refractivity contribution in [2.45, 2.75) is 25.1 Å². The van der Waals surface area contributed by atoms with Gasteiger partial charge in [-0.2, -0.15) is 18.3 Å². The minimum atomic E-state index is -4.51. The van der Waals surface area contributed by atoms with Crippen LogP contribution in [0.3, 0.4) is 0 Å². The lowest BCUT2D eigenvalue weighted by atomic mass is 10.0. The summed E-state index contributed by atoms with van der Waals surface area (Å²) in [6, 6.07) is 5.19. The molecule has 0 bridgehead atoms. The van der Waals surface area contributed by atoms with Crippen molar-refractivity contribution in [1.29, 1.82) is 0 Å². The largest absolute Gasteiger partial charge is 0.433 e. The van der Waals surface area contributed by atoms with Crippen LogP contribution in [0.4, 0.5) is 19.0 Å². The lowest BCUT2D eigenvalue weighted by Crippen LogP contribution is -2.30. The lowest BCUT2D eigenvalue weighted by Gasteiger charge is -2.26. The molecule has 7 nitrogen and oxygen atoms in total. The second-order valence-corrected chi connectivity index (χ2v) is 8.48. The van der Waals surface area contributed by atoms with Crippen LogP contribution in [0.2, 0.25) is 5.02 Å². The number of rotatable bonds is 2. The minimum Gasteiger partial charge on any atom is -0.382 e. The van der Waals surface area contributed by atoms with Crippen molar-refractivity contribution in [2.24, 2.45) is 7.05 Å². The summed E-state index contributed by atoms with van der Waals surface area (Å²) >= 11 is 6.44. The molecule has 11 heteroatoms. The van der Waals surface area contributed by atoms with Crippen LogP contribution in [0.25, 0.3) is 21.8 Å². The van der Waals surface area contributed by atoms with Crippen LogP contribution in [0, 0.1) is 0 Å². The van der Waals surface area contributed by atoms with Crippen LogP contribution in [0.1, 0.15) is 39.8 Å². The molecule has 0 saturated heterocycles. The molecule has 0 spiro atoms. The van der Waals surface area contributed by atoms with Gasteiger partial charge in [-0.3, -0.25) is 9.48 Å². The number of nitrogens with zero attached hydrogens (tertiary/aromatic N) is 5. The first kappa shape index (κ1) is 21.4.